The van der Waals surface area contributed by atoms with E-state index in [-0.39, 0.29) is 29.4 Å². The van der Waals surface area contributed by atoms with Gasteiger partial charge in [0.05, 0.1) is 27.4 Å². The zero-order valence-corrected chi connectivity index (χ0v) is 21.1. The Hall–Kier alpha value is -2.36. The number of rotatable bonds is 6. The number of methoxy groups -OCH3 is 2. The molecule has 0 atom stereocenters. The lowest BCUT2D eigenvalue weighted by molar-refractivity contribution is 0.297. The van der Waals surface area contributed by atoms with Crippen molar-refractivity contribution < 1.29 is 18.9 Å². The van der Waals surface area contributed by atoms with Gasteiger partial charge in [-0.2, -0.15) is 0 Å². The van der Waals surface area contributed by atoms with Gasteiger partial charge in [0.2, 0.25) is 0 Å². The Morgan fingerprint density at radius 3 is 2.39 bits per heavy atom. The van der Waals surface area contributed by atoms with Gasteiger partial charge in [0.25, 0.3) is 0 Å². The van der Waals surface area contributed by atoms with Crippen LogP contribution in [-0.2, 0) is 5.41 Å². The van der Waals surface area contributed by atoms with Gasteiger partial charge in [-0.05, 0) is 29.8 Å². The third-order valence-corrected chi connectivity index (χ3v) is 5.10. The van der Waals surface area contributed by atoms with Gasteiger partial charge in [-0.3, -0.25) is 4.99 Å². The van der Waals surface area contributed by atoms with Crippen LogP contribution in [0.5, 0.6) is 23.0 Å². The third-order valence-electron chi connectivity index (χ3n) is 5.10. The zero-order valence-electron chi connectivity index (χ0n) is 18.8. The van der Waals surface area contributed by atoms with E-state index in [1.54, 1.807) is 21.3 Å². The molecule has 0 aliphatic carbocycles. The highest BCUT2D eigenvalue weighted by molar-refractivity contribution is 14.0. The summed E-state index contributed by atoms with van der Waals surface area (Å²) in [5.74, 6) is 3.64. The Labute approximate surface area is 201 Å². The normalized spacial score (nSPS) is 13.5. The van der Waals surface area contributed by atoms with Gasteiger partial charge in [0, 0.05) is 37.2 Å². The lowest BCUT2D eigenvalue weighted by Gasteiger charge is -2.27. The molecule has 1 heterocycles. The molecule has 0 radical (unpaired) electrons. The quantitative estimate of drug-likeness (QED) is 0.320. The minimum Gasteiger partial charge on any atom is -0.493 e. The number of nitrogens with one attached hydrogen (secondary N) is 2. The predicted molar refractivity (Wildman–Crippen MR) is 135 cm³/mol. The lowest BCUT2D eigenvalue weighted by Crippen LogP contribution is -2.40. The van der Waals surface area contributed by atoms with Crippen molar-refractivity contribution >= 4 is 35.6 Å². The predicted octanol–water partition coefficient (Wildman–Crippen LogP) is 4.45. The molecule has 0 unspecified atom stereocenters. The van der Waals surface area contributed by atoms with Crippen molar-refractivity contribution in [2.75, 3.05) is 46.3 Å². The minimum absolute atomic E-state index is 0. The molecule has 2 N–H and O–H groups in total. The molecule has 0 spiro atoms. The van der Waals surface area contributed by atoms with E-state index in [2.05, 4.69) is 35.5 Å². The van der Waals surface area contributed by atoms with Gasteiger partial charge in [0.15, 0.2) is 29.0 Å². The first kappa shape index (κ1) is 24.9. The molecule has 3 rings (SSSR count). The Kier molecular flexibility index (Phi) is 9.09. The summed E-state index contributed by atoms with van der Waals surface area (Å²) in [6.07, 6.45) is 0.881. The number of aliphatic imine (C=N–C) groups is 1. The van der Waals surface area contributed by atoms with Crippen LogP contribution in [0.25, 0.3) is 0 Å². The van der Waals surface area contributed by atoms with E-state index < -0.39 is 0 Å². The Morgan fingerprint density at radius 1 is 1.00 bits per heavy atom. The smallest absolute Gasteiger partial charge is 0.195 e. The highest BCUT2D eigenvalue weighted by atomic mass is 127. The molecule has 1 aliphatic heterocycles. The maximum atomic E-state index is 5.77. The average molecular weight is 541 g/mol. The summed E-state index contributed by atoms with van der Waals surface area (Å²) < 4.78 is 22.3. The number of ether oxygens (including phenoxy) is 4. The summed E-state index contributed by atoms with van der Waals surface area (Å²) in [6.45, 7) is 6.34. The second kappa shape index (κ2) is 11.3. The van der Waals surface area contributed by atoms with Gasteiger partial charge in [-0.15, -0.1) is 24.0 Å². The fourth-order valence-electron chi connectivity index (χ4n) is 3.22. The summed E-state index contributed by atoms with van der Waals surface area (Å²) in [5.41, 5.74) is 1.86. The first-order valence-corrected chi connectivity index (χ1v) is 10.1. The second-order valence-corrected chi connectivity index (χ2v) is 7.72. The maximum Gasteiger partial charge on any atom is 0.195 e. The topological polar surface area (TPSA) is 73.3 Å². The molecule has 0 saturated carbocycles. The molecule has 0 bridgehead atoms. The van der Waals surface area contributed by atoms with E-state index in [1.165, 1.54) is 0 Å². The highest BCUT2D eigenvalue weighted by Gasteiger charge is 2.23. The molecule has 2 aromatic rings. The summed E-state index contributed by atoms with van der Waals surface area (Å²) in [5, 5.41) is 6.73. The SMILES string of the molecule is CN=C(NCC(C)(C)c1ccc(OC)c(OC)c1)Nc1ccc2c(c1)OCCCO2.I. The van der Waals surface area contributed by atoms with Gasteiger partial charge >= 0.3 is 0 Å². The molecule has 170 valence electrons. The summed E-state index contributed by atoms with van der Waals surface area (Å²) in [7, 11) is 5.04. The molecule has 31 heavy (non-hydrogen) atoms. The minimum atomic E-state index is -0.165. The van der Waals surface area contributed by atoms with Crippen molar-refractivity contribution in [2.24, 2.45) is 4.99 Å². The Morgan fingerprint density at radius 2 is 1.71 bits per heavy atom. The summed E-state index contributed by atoms with van der Waals surface area (Å²) in [4.78, 5) is 4.35. The van der Waals surface area contributed by atoms with Crippen molar-refractivity contribution in [3.05, 3.63) is 42.0 Å². The van der Waals surface area contributed by atoms with Gasteiger partial charge in [-0.1, -0.05) is 19.9 Å². The van der Waals surface area contributed by atoms with Crippen LogP contribution in [0.3, 0.4) is 0 Å². The molecular formula is C23H32IN3O4. The number of benzene rings is 2. The van der Waals surface area contributed by atoms with Crippen molar-refractivity contribution in [1.82, 2.24) is 5.32 Å². The van der Waals surface area contributed by atoms with Crippen LogP contribution in [0, 0.1) is 0 Å². The second-order valence-electron chi connectivity index (χ2n) is 7.72. The van der Waals surface area contributed by atoms with E-state index in [0.29, 0.717) is 25.7 Å². The first-order valence-electron chi connectivity index (χ1n) is 10.1. The fourth-order valence-corrected chi connectivity index (χ4v) is 3.22. The number of halogens is 1. The monoisotopic (exact) mass is 541 g/mol. The maximum absolute atomic E-state index is 5.77. The van der Waals surface area contributed by atoms with Crippen molar-refractivity contribution in [3.63, 3.8) is 0 Å². The van der Waals surface area contributed by atoms with Crippen LogP contribution in [0.1, 0.15) is 25.8 Å². The molecule has 0 aromatic heterocycles. The Balaban J connectivity index is 0.00000341. The number of nitrogens with zero attached hydrogens (tertiary/aromatic N) is 1. The van der Waals surface area contributed by atoms with Crippen molar-refractivity contribution in [2.45, 2.75) is 25.7 Å². The molecule has 7 nitrogen and oxygen atoms in total. The Bertz CT molecular complexity index is 902. The summed E-state index contributed by atoms with van der Waals surface area (Å²) in [6, 6.07) is 11.8. The van der Waals surface area contributed by atoms with Gasteiger partial charge < -0.3 is 29.6 Å². The largest absolute Gasteiger partial charge is 0.493 e. The number of guanidine groups is 1. The number of anilines is 1. The molecule has 0 saturated heterocycles. The summed E-state index contributed by atoms with van der Waals surface area (Å²) >= 11 is 0. The molecule has 2 aromatic carbocycles. The van der Waals surface area contributed by atoms with Crippen LogP contribution < -0.4 is 29.6 Å². The fraction of sp³-hybridized carbons (Fsp3) is 0.435. The average Bonchev–Trinajstić information content (AvgIpc) is 3.01. The standard InChI is InChI=1S/C23H31N3O4.HI/c1-23(2,16-7-9-18(27-4)20(13-16)28-5)15-25-22(24-3)26-17-8-10-19-21(14-17)30-12-6-11-29-19;/h7-10,13-14H,6,11-12,15H2,1-5H3,(H2,24,25,26);1H. The van der Waals surface area contributed by atoms with E-state index in [0.717, 1.165) is 40.7 Å². The van der Waals surface area contributed by atoms with Gasteiger partial charge in [0.1, 0.15) is 0 Å². The zero-order chi connectivity index (χ0) is 21.6. The number of hydrogen-bond acceptors (Lipinski definition) is 5. The van der Waals surface area contributed by atoms with Crippen LogP contribution in [0.2, 0.25) is 0 Å². The van der Waals surface area contributed by atoms with Crippen LogP contribution in [0.4, 0.5) is 5.69 Å². The van der Waals surface area contributed by atoms with E-state index in [1.807, 2.05) is 30.3 Å². The van der Waals surface area contributed by atoms with Crippen LogP contribution >= 0.6 is 24.0 Å². The molecule has 0 fully saturated rings. The van der Waals surface area contributed by atoms with Crippen LogP contribution in [0.15, 0.2) is 41.4 Å². The molecule has 1 aliphatic rings. The lowest BCUT2D eigenvalue weighted by atomic mass is 9.84. The van der Waals surface area contributed by atoms with Crippen LogP contribution in [-0.4, -0.2) is 47.0 Å². The highest BCUT2D eigenvalue weighted by Crippen LogP contribution is 2.34. The first-order chi connectivity index (χ1) is 14.5. The van der Waals surface area contributed by atoms with E-state index in [9.17, 15) is 0 Å². The number of fused-ring (bicyclic) bond motifs is 1. The molecular weight excluding hydrogens is 509 g/mol. The van der Waals surface area contributed by atoms with E-state index in [4.69, 9.17) is 18.9 Å². The molecule has 0 amide bonds. The third kappa shape index (κ3) is 6.32. The number of hydrogen-bond donors (Lipinski definition) is 2. The van der Waals surface area contributed by atoms with Crippen molar-refractivity contribution in [3.8, 4) is 23.0 Å². The van der Waals surface area contributed by atoms with E-state index >= 15 is 0 Å². The van der Waals surface area contributed by atoms with Crippen molar-refractivity contribution in [1.29, 1.82) is 0 Å². The molecule has 8 heteroatoms. The van der Waals surface area contributed by atoms with Gasteiger partial charge in [-0.25, -0.2) is 0 Å².